The lowest BCUT2D eigenvalue weighted by Gasteiger charge is -2.33. The Labute approximate surface area is 177 Å². The first-order chi connectivity index (χ1) is 14.0. The number of aromatic amines is 1. The molecule has 3 aromatic rings. The van der Waals surface area contributed by atoms with Crippen LogP contribution in [0.5, 0.6) is 0 Å². The van der Waals surface area contributed by atoms with Crippen LogP contribution in [0.2, 0.25) is 5.02 Å². The molecule has 0 aliphatic carbocycles. The monoisotopic (exact) mass is 436 g/mol. The lowest BCUT2D eigenvalue weighted by molar-refractivity contribution is 0.00983. The predicted molar refractivity (Wildman–Crippen MR) is 115 cm³/mol. The van der Waals surface area contributed by atoms with Crippen LogP contribution in [-0.4, -0.2) is 61.8 Å². The summed E-state index contributed by atoms with van der Waals surface area (Å²) in [4.78, 5) is 15.8. The number of H-pyrrole nitrogens is 1. The minimum Gasteiger partial charge on any atom is -0.374 e. The molecule has 2 N–H and O–H groups in total. The summed E-state index contributed by atoms with van der Waals surface area (Å²) in [5, 5.41) is 4.89. The highest BCUT2D eigenvalue weighted by Gasteiger charge is 2.22. The summed E-state index contributed by atoms with van der Waals surface area (Å²) >= 11 is 7.87. The molecule has 0 radical (unpaired) electrons. The second kappa shape index (κ2) is 8.83. The molecule has 1 fully saturated rings. The van der Waals surface area contributed by atoms with Crippen LogP contribution in [0.15, 0.2) is 24.7 Å². The molecule has 0 saturated carbocycles. The summed E-state index contributed by atoms with van der Waals surface area (Å²) in [6.07, 6.45) is 4.44. The number of anilines is 1. The summed E-state index contributed by atoms with van der Waals surface area (Å²) < 4.78 is 22.4. The van der Waals surface area contributed by atoms with Crippen LogP contribution < -0.4 is 5.32 Å². The minimum atomic E-state index is -0.506. The number of pyridine rings is 1. The van der Waals surface area contributed by atoms with E-state index in [1.165, 1.54) is 6.20 Å². The largest absolute Gasteiger partial charge is 0.374 e. The van der Waals surface area contributed by atoms with Gasteiger partial charge in [-0.15, -0.1) is 0 Å². The van der Waals surface area contributed by atoms with Gasteiger partial charge in [0.25, 0.3) is 0 Å². The van der Waals surface area contributed by atoms with Gasteiger partial charge < -0.3 is 15.0 Å². The molecule has 0 aromatic carbocycles. The Morgan fingerprint density at radius 3 is 3.10 bits per heavy atom. The van der Waals surface area contributed by atoms with Crippen molar-refractivity contribution in [3.05, 3.63) is 35.5 Å². The first kappa shape index (κ1) is 20.3. The number of rotatable bonds is 6. The number of hydrogen-bond donors (Lipinski definition) is 2. The fraction of sp³-hybridized carbons (Fsp3) is 0.421. The Morgan fingerprint density at radius 1 is 1.41 bits per heavy atom. The molecule has 4 rings (SSSR count). The van der Waals surface area contributed by atoms with Crippen molar-refractivity contribution in [3.8, 4) is 11.4 Å². The van der Waals surface area contributed by atoms with Crippen LogP contribution in [0.1, 0.15) is 13.8 Å². The number of nitrogens with one attached hydrogen (secondary N) is 2. The Morgan fingerprint density at radius 2 is 2.28 bits per heavy atom. The number of nitrogens with zero attached hydrogens (tertiary/aromatic N) is 4. The second-order valence-electron chi connectivity index (χ2n) is 7.06. The molecule has 7 nitrogen and oxygen atoms in total. The van der Waals surface area contributed by atoms with Gasteiger partial charge in [-0.25, -0.2) is 23.6 Å². The Balaban J connectivity index is 1.49. The molecule has 1 saturated heterocycles. The average molecular weight is 437 g/mol. The molecule has 0 amide bonds. The third-order valence-electron chi connectivity index (χ3n) is 4.44. The SMILES string of the molecule is CC(C)SN1CCOC(CNc2nc(-c3c[nH]c4ncc(Cl)cc34)ncc2F)C1. The van der Waals surface area contributed by atoms with Gasteiger partial charge in [0, 0.05) is 48.2 Å². The molecule has 3 aromatic heterocycles. The summed E-state index contributed by atoms with van der Waals surface area (Å²) in [6, 6.07) is 1.78. The third-order valence-corrected chi connectivity index (χ3v) is 5.70. The quantitative estimate of drug-likeness (QED) is 0.566. The normalized spacial score (nSPS) is 17.9. The first-order valence-electron chi connectivity index (χ1n) is 9.42. The molecule has 29 heavy (non-hydrogen) atoms. The van der Waals surface area contributed by atoms with Gasteiger partial charge in [0.2, 0.25) is 0 Å². The number of morpholine rings is 1. The van der Waals surface area contributed by atoms with E-state index >= 15 is 0 Å². The van der Waals surface area contributed by atoms with Gasteiger partial charge in [0.15, 0.2) is 17.5 Å². The maximum Gasteiger partial charge on any atom is 0.183 e. The van der Waals surface area contributed by atoms with Crippen molar-refractivity contribution in [3.63, 3.8) is 0 Å². The highest BCUT2D eigenvalue weighted by atomic mass is 35.5. The summed E-state index contributed by atoms with van der Waals surface area (Å²) in [6.45, 7) is 7.12. The summed E-state index contributed by atoms with van der Waals surface area (Å²) in [7, 11) is 0. The molecule has 154 valence electrons. The van der Waals surface area contributed by atoms with Crippen molar-refractivity contribution >= 4 is 40.4 Å². The molecule has 1 atom stereocenters. The van der Waals surface area contributed by atoms with E-state index in [2.05, 4.69) is 43.4 Å². The molecule has 1 aliphatic rings. The van der Waals surface area contributed by atoms with Gasteiger partial charge >= 0.3 is 0 Å². The molecule has 10 heteroatoms. The lowest BCUT2D eigenvalue weighted by Crippen LogP contribution is -2.42. The zero-order valence-corrected chi connectivity index (χ0v) is 17.7. The molecule has 4 heterocycles. The van der Waals surface area contributed by atoms with E-state index in [4.69, 9.17) is 16.3 Å². The molecular weight excluding hydrogens is 415 g/mol. The van der Waals surface area contributed by atoms with Crippen molar-refractivity contribution in [2.45, 2.75) is 25.2 Å². The topological polar surface area (TPSA) is 79.0 Å². The maximum atomic E-state index is 14.3. The van der Waals surface area contributed by atoms with E-state index in [1.54, 1.807) is 18.5 Å². The average Bonchev–Trinajstić information content (AvgIpc) is 3.10. The number of fused-ring (bicyclic) bond motifs is 1. The highest BCUT2D eigenvalue weighted by molar-refractivity contribution is 7.97. The number of ether oxygens (including phenoxy) is 1. The van der Waals surface area contributed by atoms with Crippen molar-refractivity contribution in [2.75, 3.05) is 31.6 Å². The van der Waals surface area contributed by atoms with Crippen molar-refractivity contribution in [1.29, 1.82) is 0 Å². The summed E-state index contributed by atoms with van der Waals surface area (Å²) in [5.74, 6) is 0.0383. The van der Waals surface area contributed by atoms with E-state index in [0.29, 0.717) is 40.5 Å². The van der Waals surface area contributed by atoms with Crippen LogP contribution in [-0.2, 0) is 4.74 Å². The van der Waals surface area contributed by atoms with E-state index in [9.17, 15) is 4.39 Å². The van der Waals surface area contributed by atoms with Crippen LogP contribution in [0.3, 0.4) is 0 Å². The van der Waals surface area contributed by atoms with E-state index in [1.807, 2.05) is 11.9 Å². The maximum absolute atomic E-state index is 14.3. The second-order valence-corrected chi connectivity index (χ2v) is 9.16. The van der Waals surface area contributed by atoms with Crippen LogP contribution in [0.4, 0.5) is 10.2 Å². The van der Waals surface area contributed by atoms with Crippen LogP contribution >= 0.6 is 23.5 Å². The Bertz CT molecular complexity index is 1000. The van der Waals surface area contributed by atoms with Gasteiger partial charge in [-0.1, -0.05) is 37.4 Å². The first-order valence-corrected chi connectivity index (χ1v) is 10.6. The zero-order chi connectivity index (χ0) is 20.4. The number of halogens is 2. The molecule has 0 spiro atoms. The zero-order valence-electron chi connectivity index (χ0n) is 16.2. The van der Waals surface area contributed by atoms with E-state index in [-0.39, 0.29) is 11.9 Å². The fourth-order valence-electron chi connectivity index (χ4n) is 3.20. The molecule has 0 bridgehead atoms. The van der Waals surface area contributed by atoms with Crippen molar-refractivity contribution < 1.29 is 9.13 Å². The lowest BCUT2D eigenvalue weighted by atomic mass is 10.2. The van der Waals surface area contributed by atoms with Crippen molar-refractivity contribution in [2.24, 2.45) is 0 Å². The van der Waals surface area contributed by atoms with Gasteiger partial charge in [0.05, 0.1) is 23.9 Å². The Kier molecular flexibility index (Phi) is 6.19. The fourth-order valence-corrected chi connectivity index (χ4v) is 4.39. The minimum absolute atomic E-state index is 0.0380. The van der Waals surface area contributed by atoms with Crippen LogP contribution in [0, 0.1) is 5.82 Å². The summed E-state index contributed by atoms with van der Waals surface area (Å²) in [5.41, 5.74) is 1.39. The standard InChI is InChI=1S/C19H22ClFN6OS/c1-11(2)29-27-3-4-28-13(10-27)7-23-19-16(21)9-25-18(26-19)15-8-24-17-14(15)5-12(20)6-22-17/h5-6,8-9,11,13H,3-4,7,10H2,1-2H3,(H,22,24)(H,23,25,26). The molecular formula is C19H22ClFN6OS. The number of aromatic nitrogens is 4. The Hall–Kier alpha value is -1.94. The van der Waals surface area contributed by atoms with Crippen LogP contribution in [0.25, 0.3) is 22.4 Å². The predicted octanol–water partition coefficient (Wildman–Crippen LogP) is 3.98. The van der Waals surface area contributed by atoms with E-state index in [0.717, 1.165) is 18.5 Å². The van der Waals surface area contributed by atoms with Gasteiger partial charge in [-0.05, 0) is 6.07 Å². The van der Waals surface area contributed by atoms with E-state index < -0.39 is 5.82 Å². The van der Waals surface area contributed by atoms with Gasteiger partial charge in [-0.3, -0.25) is 0 Å². The number of hydrogen-bond acceptors (Lipinski definition) is 7. The third kappa shape index (κ3) is 4.80. The highest BCUT2D eigenvalue weighted by Crippen LogP contribution is 2.28. The molecule has 1 aliphatic heterocycles. The van der Waals surface area contributed by atoms with Gasteiger partial charge in [0.1, 0.15) is 5.65 Å². The van der Waals surface area contributed by atoms with Crippen molar-refractivity contribution in [1.82, 2.24) is 24.2 Å². The smallest absolute Gasteiger partial charge is 0.183 e. The van der Waals surface area contributed by atoms with Gasteiger partial charge in [-0.2, -0.15) is 0 Å². The molecule has 1 unspecified atom stereocenters.